The quantitative estimate of drug-likeness (QED) is 0.715. The zero-order valence-electron chi connectivity index (χ0n) is 10.9. The van der Waals surface area contributed by atoms with Crippen LogP contribution in [0, 0.1) is 0 Å². The van der Waals surface area contributed by atoms with Gasteiger partial charge in [0.2, 0.25) is 10.0 Å². The van der Waals surface area contributed by atoms with E-state index >= 15 is 0 Å². The van der Waals surface area contributed by atoms with E-state index in [0.29, 0.717) is 19.7 Å². The van der Waals surface area contributed by atoms with Gasteiger partial charge >= 0.3 is 0 Å². The average molecular weight is 295 g/mol. The molecular formula is C11H19ClN2O3S. The maximum absolute atomic E-state index is 12.4. The van der Waals surface area contributed by atoms with Gasteiger partial charge in [-0.15, -0.1) is 11.6 Å². The van der Waals surface area contributed by atoms with Gasteiger partial charge in [0.15, 0.2) is 0 Å². The Kier molecular flexibility index (Phi) is 5.65. The molecule has 1 aromatic rings. The summed E-state index contributed by atoms with van der Waals surface area (Å²) in [5, 5.41) is 0. The maximum atomic E-state index is 12.4. The van der Waals surface area contributed by atoms with Crippen molar-refractivity contribution in [1.29, 1.82) is 0 Å². The van der Waals surface area contributed by atoms with Crippen LogP contribution in [0.5, 0.6) is 0 Å². The summed E-state index contributed by atoms with van der Waals surface area (Å²) in [4.78, 5) is 0.276. The summed E-state index contributed by atoms with van der Waals surface area (Å²) < 4.78 is 32.8. The lowest BCUT2D eigenvalue weighted by atomic mass is 10.5. The van der Waals surface area contributed by atoms with E-state index in [9.17, 15) is 8.42 Å². The minimum absolute atomic E-state index is 0.276. The molecule has 1 rings (SSSR count). The predicted octanol–water partition coefficient (Wildman–Crippen LogP) is 1.42. The number of hydrogen-bond acceptors (Lipinski definition) is 3. The van der Waals surface area contributed by atoms with E-state index in [4.69, 9.17) is 16.3 Å². The standard InChI is InChI=1S/C11H19ClN2O3S/c1-4-14(5-6-17-3)18(15,16)11-7-10(8-12)13(2)9-11/h7,9H,4-6,8H2,1-3H3. The molecule has 1 heterocycles. The average Bonchev–Trinajstić information content (AvgIpc) is 2.72. The van der Waals surface area contributed by atoms with Gasteiger partial charge in [-0.1, -0.05) is 6.92 Å². The molecule has 104 valence electrons. The van der Waals surface area contributed by atoms with E-state index in [-0.39, 0.29) is 10.8 Å². The van der Waals surface area contributed by atoms with E-state index < -0.39 is 10.0 Å². The second kappa shape index (κ2) is 6.56. The Morgan fingerprint density at radius 1 is 1.50 bits per heavy atom. The van der Waals surface area contributed by atoms with Gasteiger partial charge in [0.05, 0.1) is 12.5 Å². The molecule has 0 aliphatic carbocycles. The van der Waals surface area contributed by atoms with Crippen molar-refractivity contribution in [2.45, 2.75) is 17.7 Å². The largest absolute Gasteiger partial charge is 0.383 e. The second-order valence-corrected chi connectivity index (χ2v) is 6.11. The molecule has 0 aliphatic heterocycles. The highest BCUT2D eigenvalue weighted by molar-refractivity contribution is 7.89. The molecule has 5 nitrogen and oxygen atoms in total. The summed E-state index contributed by atoms with van der Waals surface area (Å²) in [7, 11) is -0.131. The number of sulfonamides is 1. The highest BCUT2D eigenvalue weighted by atomic mass is 35.5. The molecular weight excluding hydrogens is 276 g/mol. The molecule has 0 spiro atoms. The molecule has 0 unspecified atom stereocenters. The minimum atomic E-state index is -3.46. The third-order valence-corrected chi connectivity index (χ3v) is 4.97. The van der Waals surface area contributed by atoms with Gasteiger partial charge in [-0.2, -0.15) is 4.31 Å². The molecule has 0 radical (unpaired) electrons. The second-order valence-electron chi connectivity index (χ2n) is 3.90. The fraction of sp³-hybridized carbons (Fsp3) is 0.636. The van der Waals surface area contributed by atoms with Crippen LogP contribution in [0.3, 0.4) is 0 Å². The highest BCUT2D eigenvalue weighted by Gasteiger charge is 2.24. The van der Waals surface area contributed by atoms with Crippen LogP contribution < -0.4 is 0 Å². The van der Waals surface area contributed by atoms with Gasteiger partial charge in [0.1, 0.15) is 4.90 Å². The number of ether oxygens (including phenoxy) is 1. The van der Waals surface area contributed by atoms with Crippen molar-refractivity contribution in [3.8, 4) is 0 Å². The van der Waals surface area contributed by atoms with Crippen molar-refractivity contribution in [2.24, 2.45) is 7.05 Å². The molecule has 0 atom stereocenters. The lowest BCUT2D eigenvalue weighted by Gasteiger charge is -2.19. The topological polar surface area (TPSA) is 51.5 Å². The van der Waals surface area contributed by atoms with Gasteiger partial charge in [0.25, 0.3) is 0 Å². The number of hydrogen-bond donors (Lipinski definition) is 0. The van der Waals surface area contributed by atoms with Crippen molar-refractivity contribution >= 4 is 21.6 Å². The van der Waals surface area contributed by atoms with E-state index in [1.54, 1.807) is 37.9 Å². The fourth-order valence-electron chi connectivity index (χ4n) is 1.64. The van der Waals surface area contributed by atoms with Crippen molar-refractivity contribution < 1.29 is 13.2 Å². The molecule has 0 aliphatic rings. The zero-order valence-corrected chi connectivity index (χ0v) is 12.5. The number of aromatic nitrogens is 1. The fourth-order valence-corrected chi connectivity index (χ4v) is 3.44. The van der Waals surface area contributed by atoms with Crippen LogP contribution in [0.1, 0.15) is 12.6 Å². The number of alkyl halides is 1. The van der Waals surface area contributed by atoms with Crippen molar-refractivity contribution in [1.82, 2.24) is 8.87 Å². The van der Waals surface area contributed by atoms with Crippen LogP contribution in [0.4, 0.5) is 0 Å². The predicted molar refractivity (Wildman–Crippen MR) is 71.3 cm³/mol. The van der Waals surface area contributed by atoms with Crippen molar-refractivity contribution in [2.75, 3.05) is 26.8 Å². The Labute approximate surface area is 113 Å². The summed E-state index contributed by atoms with van der Waals surface area (Å²) in [5.41, 5.74) is 0.776. The van der Waals surface area contributed by atoms with Gasteiger partial charge in [-0.25, -0.2) is 8.42 Å². The first kappa shape index (κ1) is 15.5. The summed E-state index contributed by atoms with van der Waals surface area (Å²) in [6.07, 6.45) is 1.59. The SMILES string of the molecule is CCN(CCOC)S(=O)(=O)c1cc(CCl)n(C)c1. The first-order chi connectivity index (χ1) is 8.47. The van der Waals surface area contributed by atoms with Crippen molar-refractivity contribution in [3.05, 3.63) is 18.0 Å². The Morgan fingerprint density at radius 3 is 2.61 bits per heavy atom. The monoisotopic (exact) mass is 294 g/mol. The van der Waals surface area contributed by atoms with Crippen LogP contribution in [-0.4, -0.2) is 44.1 Å². The maximum Gasteiger partial charge on any atom is 0.244 e. The summed E-state index contributed by atoms with van der Waals surface area (Å²) in [6.45, 7) is 2.94. The molecule has 0 saturated heterocycles. The van der Waals surface area contributed by atoms with E-state index in [1.807, 2.05) is 0 Å². The van der Waals surface area contributed by atoms with Crippen molar-refractivity contribution in [3.63, 3.8) is 0 Å². The Hall–Kier alpha value is -0.560. The lowest BCUT2D eigenvalue weighted by Crippen LogP contribution is -2.33. The summed E-state index contributed by atoms with van der Waals surface area (Å²) in [6, 6.07) is 1.61. The van der Waals surface area contributed by atoms with Gasteiger partial charge in [0, 0.05) is 39.1 Å². The third-order valence-electron chi connectivity index (χ3n) is 2.76. The van der Waals surface area contributed by atoms with Crippen LogP contribution >= 0.6 is 11.6 Å². The molecule has 0 amide bonds. The third kappa shape index (κ3) is 3.26. The number of nitrogens with zero attached hydrogens (tertiary/aromatic N) is 2. The lowest BCUT2D eigenvalue weighted by molar-refractivity contribution is 0.180. The molecule has 7 heteroatoms. The smallest absolute Gasteiger partial charge is 0.244 e. The number of rotatable bonds is 7. The summed E-state index contributed by atoms with van der Waals surface area (Å²) >= 11 is 5.74. The van der Waals surface area contributed by atoms with Crippen LogP contribution in [0.15, 0.2) is 17.2 Å². The van der Waals surface area contributed by atoms with Crippen LogP contribution in [0.25, 0.3) is 0 Å². The molecule has 0 saturated carbocycles. The van der Waals surface area contributed by atoms with Crippen LogP contribution in [-0.2, 0) is 27.7 Å². The number of aryl methyl sites for hydroxylation is 1. The van der Waals surface area contributed by atoms with Gasteiger partial charge in [-0.3, -0.25) is 0 Å². The number of methoxy groups -OCH3 is 1. The van der Waals surface area contributed by atoms with Gasteiger partial charge < -0.3 is 9.30 Å². The van der Waals surface area contributed by atoms with E-state index in [2.05, 4.69) is 0 Å². The Morgan fingerprint density at radius 2 is 2.17 bits per heavy atom. The first-order valence-electron chi connectivity index (χ1n) is 5.67. The highest BCUT2D eigenvalue weighted by Crippen LogP contribution is 2.19. The Bertz CT molecular complexity index is 484. The van der Waals surface area contributed by atoms with Crippen LogP contribution in [0.2, 0.25) is 0 Å². The molecule has 1 aromatic heterocycles. The molecule has 18 heavy (non-hydrogen) atoms. The molecule has 0 fully saturated rings. The molecule has 0 aromatic carbocycles. The molecule has 0 bridgehead atoms. The number of likely N-dealkylation sites (N-methyl/N-ethyl adjacent to an activating group) is 1. The summed E-state index contributed by atoms with van der Waals surface area (Å²) in [5.74, 6) is 0.288. The normalized spacial score (nSPS) is 12.3. The Balaban J connectivity index is 3.02. The molecule has 0 N–H and O–H groups in total. The first-order valence-corrected chi connectivity index (χ1v) is 7.65. The minimum Gasteiger partial charge on any atom is -0.383 e. The van der Waals surface area contributed by atoms with E-state index in [0.717, 1.165) is 5.69 Å². The van der Waals surface area contributed by atoms with Gasteiger partial charge in [-0.05, 0) is 6.07 Å². The number of halogens is 1. The zero-order chi connectivity index (χ0) is 13.8. The van der Waals surface area contributed by atoms with E-state index in [1.165, 1.54) is 4.31 Å².